The van der Waals surface area contributed by atoms with E-state index >= 15 is 0 Å². The second-order valence-electron chi connectivity index (χ2n) is 6.36. The van der Waals surface area contributed by atoms with Gasteiger partial charge in [0.05, 0.1) is 18.4 Å². The number of esters is 1. The van der Waals surface area contributed by atoms with Crippen LogP contribution in [-0.4, -0.2) is 55.1 Å². The monoisotopic (exact) mass is 371 g/mol. The molecule has 0 radical (unpaired) electrons. The fraction of sp³-hybridized carbons (Fsp3) is 0.300. The molecule has 2 amide bonds. The maximum atomic E-state index is 13.0. The van der Waals surface area contributed by atoms with Crippen molar-refractivity contribution in [3.8, 4) is 0 Å². The fourth-order valence-electron chi connectivity index (χ4n) is 3.03. The van der Waals surface area contributed by atoms with E-state index in [0.717, 1.165) is 25.2 Å². The van der Waals surface area contributed by atoms with Gasteiger partial charge in [-0.05, 0) is 29.8 Å². The third-order valence-corrected chi connectivity index (χ3v) is 4.55. The van der Waals surface area contributed by atoms with E-state index in [4.69, 9.17) is 4.74 Å². The van der Waals surface area contributed by atoms with Crippen LogP contribution in [0.3, 0.4) is 0 Å². The number of hydrogen-bond acceptors (Lipinski definition) is 4. The first-order chi connectivity index (χ1) is 13.1. The molecule has 2 aromatic rings. The van der Waals surface area contributed by atoms with Crippen LogP contribution in [0.2, 0.25) is 0 Å². The Bertz CT molecular complexity index is 802. The lowest BCUT2D eigenvalue weighted by Crippen LogP contribution is -2.49. The van der Waals surface area contributed by atoms with Gasteiger partial charge in [-0.15, -0.1) is 0 Å². The summed E-state index contributed by atoms with van der Waals surface area (Å²) >= 11 is 0. The highest BCUT2D eigenvalue weighted by Gasteiger charge is 2.22. The molecular weight excluding hydrogens is 349 g/mol. The number of anilines is 1. The number of carbonyl (C=O) groups is 2. The zero-order valence-electron chi connectivity index (χ0n) is 15.2. The van der Waals surface area contributed by atoms with Crippen molar-refractivity contribution in [2.45, 2.75) is 6.54 Å². The Kier molecular flexibility index (Phi) is 6.03. The number of rotatable bonds is 4. The van der Waals surface area contributed by atoms with Crippen LogP contribution in [0.25, 0.3) is 0 Å². The highest BCUT2D eigenvalue weighted by Crippen LogP contribution is 2.17. The lowest BCUT2D eigenvalue weighted by Gasteiger charge is -2.34. The molecule has 7 heteroatoms. The van der Waals surface area contributed by atoms with Gasteiger partial charge in [0.2, 0.25) is 0 Å². The van der Waals surface area contributed by atoms with Crippen molar-refractivity contribution in [1.29, 1.82) is 0 Å². The minimum Gasteiger partial charge on any atom is -0.465 e. The second-order valence-corrected chi connectivity index (χ2v) is 6.36. The zero-order chi connectivity index (χ0) is 19.2. The van der Waals surface area contributed by atoms with Gasteiger partial charge in [0.25, 0.3) is 0 Å². The molecule has 0 aliphatic carbocycles. The average molecular weight is 371 g/mol. The summed E-state index contributed by atoms with van der Waals surface area (Å²) in [6.07, 6.45) is 0. The first-order valence-corrected chi connectivity index (χ1v) is 8.77. The predicted octanol–water partition coefficient (Wildman–Crippen LogP) is 2.96. The number of piperazine rings is 1. The van der Waals surface area contributed by atoms with Gasteiger partial charge in [-0.1, -0.05) is 24.3 Å². The Morgan fingerprint density at radius 3 is 2.37 bits per heavy atom. The number of halogens is 1. The Hall–Kier alpha value is -2.93. The molecule has 0 bridgehead atoms. The SMILES string of the molecule is COC(=O)c1ccccc1NC(=O)N1CCN(Cc2ccc(F)cc2)CC1. The van der Waals surface area contributed by atoms with Gasteiger partial charge in [-0.2, -0.15) is 0 Å². The standard InChI is InChI=1S/C20H22FN3O3/c1-27-19(25)17-4-2-3-5-18(17)22-20(26)24-12-10-23(11-13-24)14-15-6-8-16(21)9-7-15/h2-9H,10-14H2,1H3,(H,22,26). The van der Waals surface area contributed by atoms with Crippen molar-refractivity contribution in [3.05, 3.63) is 65.5 Å². The largest absolute Gasteiger partial charge is 0.465 e. The molecule has 27 heavy (non-hydrogen) atoms. The van der Waals surface area contributed by atoms with Crippen LogP contribution < -0.4 is 5.32 Å². The molecule has 1 aliphatic heterocycles. The van der Waals surface area contributed by atoms with Crippen LogP contribution in [0.15, 0.2) is 48.5 Å². The lowest BCUT2D eigenvalue weighted by molar-refractivity contribution is 0.0602. The first kappa shape index (κ1) is 18.8. The number of methoxy groups -OCH3 is 1. The number of ether oxygens (including phenoxy) is 1. The normalized spacial score (nSPS) is 14.7. The summed E-state index contributed by atoms with van der Waals surface area (Å²) in [4.78, 5) is 28.3. The molecule has 1 saturated heterocycles. The Balaban J connectivity index is 1.54. The Morgan fingerprint density at radius 2 is 1.70 bits per heavy atom. The van der Waals surface area contributed by atoms with Gasteiger partial charge in [0.1, 0.15) is 5.82 Å². The average Bonchev–Trinajstić information content (AvgIpc) is 2.70. The van der Waals surface area contributed by atoms with Crippen molar-refractivity contribution in [2.24, 2.45) is 0 Å². The van der Waals surface area contributed by atoms with E-state index in [1.54, 1.807) is 41.3 Å². The number of benzene rings is 2. The molecule has 0 unspecified atom stereocenters. The molecule has 0 atom stereocenters. The molecule has 0 aromatic heterocycles. The highest BCUT2D eigenvalue weighted by atomic mass is 19.1. The molecule has 1 aliphatic rings. The Labute approximate surface area is 157 Å². The van der Waals surface area contributed by atoms with Gasteiger partial charge >= 0.3 is 12.0 Å². The molecule has 1 N–H and O–H groups in total. The third kappa shape index (κ3) is 4.83. The minimum atomic E-state index is -0.491. The quantitative estimate of drug-likeness (QED) is 0.840. The lowest BCUT2D eigenvalue weighted by atomic mass is 10.2. The van der Waals surface area contributed by atoms with Crippen molar-refractivity contribution < 1.29 is 18.7 Å². The maximum absolute atomic E-state index is 13.0. The number of para-hydroxylation sites is 1. The summed E-state index contributed by atoms with van der Waals surface area (Å²) in [5, 5.41) is 2.79. The molecular formula is C20H22FN3O3. The van der Waals surface area contributed by atoms with E-state index in [1.165, 1.54) is 19.2 Å². The number of nitrogens with zero attached hydrogens (tertiary/aromatic N) is 2. The van der Waals surface area contributed by atoms with Crippen molar-refractivity contribution in [1.82, 2.24) is 9.80 Å². The number of nitrogens with one attached hydrogen (secondary N) is 1. The predicted molar refractivity (Wildman–Crippen MR) is 100 cm³/mol. The van der Waals surface area contributed by atoms with E-state index in [-0.39, 0.29) is 11.8 Å². The third-order valence-electron chi connectivity index (χ3n) is 4.55. The molecule has 1 heterocycles. The second kappa shape index (κ2) is 8.64. The van der Waals surface area contributed by atoms with Crippen LogP contribution in [-0.2, 0) is 11.3 Å². The van der Waals surface area contributed by atoms with E-state index in [9.17, 15) is 14.0 Å². The Morgan fingerprint density at radius 1 is 1.04 bits per heavy atom. The van der Waals surface area contributed by atoms with Crippen molar-refractivity contribution >= 4 is 17.7 Å². The van der Waals surface area contributed by atoms with Gasteiger partial charge in [0.15, 0.2) is 0 Å². The molecule has 3 rings (SSSR count). The molecule has 6 nitrogen and oxygen atoms in total. The topological polar surface area (TPSA) is 61.9 Å². The van der Waals surface area contributed by atoms with E-state index in [2.05, 4.69) is 10.2 Å². The summed E-state index contributed by atoms with van der Waals surface area (Å²) in [7, 11) is 1.31. The molecule has 1 fully saturated rings. The van der Waals surface area contributed by atoms with Crippen molar-refractivity contribution in [2.75, 3.05) is 38.6 Å². The van der Waals surface area contributed by atoms with Crippen LogP contribution in [0, 0.1) is 5.82 Å². The number of hydrogen-bond donors (Lipinski definition) is 1. The van der Waals surface area contributed by atoms with Gasteiger partial charge < -0.3 is 15.0 Å². The summed E-state index contributed by atoms with van der Waals surface area (Å²) in [5.41, 5.74) is 1.80. The molecule has 142 valence electrons. The summed E-state index contributed by atoms with van der Waals surface area (Å²) < 4.78 is 17.7. The minimum absolute atomic E-state index is 0.243. The summed E-state index contributed by atoms with van der Waals surface area (Å²) in [6.45, 7) is 3.33. The molecule has 2 aromatic carbocycles. The number of urea groups is 1. The number of amides is 2. The zero-order valence-corrected chi connectivity index (χ0v) is 15.2. The maximum Gasteiger partial charge on any atom is 0.339 e. The van der Waals surface area contributed by atoms with Gasteiger partial charge in [-0.25, -0.2) is 14.0 Å². The van der Waals surface area contributed by atoms with E-state index < -0.39 is 5.97 Å². The highest BCUT2D eigenvalue weighted by molar-refractivity contribution is 6.00. The van der Waals surface area contributed by atoms with Crippen LogP contribution in [0.4, 0.5) is 14.9 Å². The van der Waals surface area contributed by atoms with E-state index in [0.29, 0.717) is 24.3 Å². The molecule has 0 saturated carbocycles. The smallest absolute Gasteiger partial charge is 0.339 e. The fourth-order valence-corrected chi connectivity index (χ4v) is 3.03. The van der Waals surface area contributed by atoms with Gasteiger partial charge in [-0.3, -0.25) is 4.90 Å². The number of carbonyl (C=O) groups excluding carboxylic acids is 2. The van der Waals surface area contributed by atoms with Crippen LogP contribution in [0.5, 0.6) is 0 Å². The van der Waals surface area contributed by atoms with Crippen molar-refractivity contribution in [3.63, 3.8) is 0 Å². The van der Waals surface area contributed by atoms with Crippen LogP contribution >= 0.6 is 0 Å². The summed E-state index contributed by atoms with van der Waals surface area (Å²) in [6, 6.07) is 13.0. The van der Waals surface area contributed by atoms with E-state index in [1.807, 2.05) is 0 Å². The van der Waals surface area contributed by atoms with Gasteiger partial charge in [0, 0.05) is 32.7 Å². The summed E-state index contributed by atoms with van der Waals surface area (Å²) in [5.74, 6) is -0.734. The first-order valence-electron chi connectivity index (χ1n) is 8.77. The molecule has 0 spiro atoms. The van der Waals surface area contributed by atoms with Crippen LogP contribution in [0.1, 0.15) is 15.9 Å².